The van der Waals surface area contributed by atoms with E-state index in [2.05, 4.69) is 4.98 Å². The lowest BCUT2D eigenvalue weighted by atomic mass is 10.0. The number of hydrogen-bond acceptors (Lipinski definition) is 6. The van der Waals surface area contributed by atoms with Gasteiger partial charge in [0.1, 0.15) is 5.82 Å². The van der Waals surface area contributed by atoms with Gasteiger partial charge in [-0.3, -0.25) is 0 Å². The van der Waals surface area contributed by atoms with E-state index in [1.165, 1.54) is 12.1 Å². The molecule has 4 rings (SSSR count). The van der Waals surface area contributed by atoms with Gasteiger partial charge in [0, 0.05) is 30.5 Å². The second-order valence-electron chi connectivity index (χ2n) is 7.71. The minimum atomic E-state index is -4.69. The number of nitrogen functional groups attached to an aromatic ring is 1. The van der Waals surface area contributed by atoms with E-state index < -0.39 is 21.6 Å². The van der Waals surface area contributed by atoms with Crippen molar-refractivity contribution in [1.29, 1.82) is 0 Å². The van der Waals surface area contributed by atoms with Crippen molar-refractivity contribution in [2.24, 2.45) is 0 Å². The molecule has 2 heterocycles. The average molecular weight is 478 g/mol. The van der Waals surface area contributed by atoms with Crippen molar-refractivity contribution < 1.29 is 26.3 Å². The van der Waals surface area contributed by atoms with E-state index in [0.29, 0.717) is 37.6 Å². The van der Waals surface area contributed by atoms with Crippen LogP contribution < -0.4 is 10.6 Å². The molecule has 0 spiro atoms. The molecular weight excluding hydrogens is 455 g/mol. The quantitative estimate of drug-likeness (QED) is 0.594. The summed E-state index contributed by atoms with van der Waals surface area (Å²) >= 11 is 0. The zero-order valence-electron chi connectivity index (χ0n) is 17.5. The molecule has 0 aliphatic carbocycles. The SMILES string of the molecule is Nc1cc(C(F)(F)F)c(-c2cc(N3CCOCC3)cc(S(=O)(=O)Cc3ccccc3)c2)cn1. The van der Waals surface area contributed by atoms with Crippen LogP contribution in [0.4, 0.5) is 24.7 Å². The third-order valence-corrected chi connectivity index (χ3v) is 7.03. The number of aromatic nitrogens is 1. The summed E-state index contributed by atoms with van der Waals surface area (Å²) in [4.78, 5) is 5.66. The van der Waals surface area contributed by atoms with E-state index in [1.54, 1.807) is 36.4 Å². The van der Waals surface area contributed by atoms with Gasteiger partial charge in [-0.25, -0.2) is 13.4 Å². The summed E-state index contributed by atoms with van der Waals surface area (Å²) in [6, 6.07) is 13.7. The molecule has 1 aromatic heterocycles. The molecule has 0 saturated carbocycles. The van der Waals surface area contributed by atoms with Gasteiger partial charge in [0.05, 0.1) is 29.4 Å². The van der Waals surface area contributed by atoms with Crippen LogP contribution in [0.5, 0.6) is 0 Å². The van der Waals surface area contributed by atoms with Gasteiger partial charge >= 0.3 is 6.18 Å². The molecule has 174 valence electrons. The Balaban J connectivity index is 1.86. The molecule has 2 N–H and O–H groups in total. The molecule has 0 atom stereocenters. The van der Waals surface area contributed by atoms with Crippen molar-refractivity contribution >= 4 is 21.3 Å². The average Bonchev–Trinajstić information content (AvgIpc) is 2.79. The van der Waals surface area contributed by atoms with Crippen molar-refractivity contribution in [3.8, 4) is 11.1 Å². The lowest BCUT2D eigenvalue weighted by Crippen LogP contribution is -2.36. The summed E-state index contributed by atoms with van der Waals surface area (Å²) < 4.78 is 73.2. The summed E-state index contributed by atoms with van der Waals surface area (Å²) in [6.07, 6.45) is -3.66. The summed E-state index contributed by atoms with van der Waals surface area (Å²) in [5.41, 5.74) is 5.49. The van der Waals surface area contributed by atoms with Crippen molar-refractivity contribution in [3.05, 3.63) is 71.9 Å². The molecule has 33 heavy (non-hydrogen) atoms. The van der Waals surface area contributed by atoms with Crippen molar-refractivity contribution in [1.82, 2.24) is 4.98 Å². The lowest BCUT2D eigenvalue weighted by Gasteiger charge is -2.29. The molecule has 2 aromatic carbocycles. The van der Waals surface area contributed by atoms with Gasteiger partial charge in [0.2, 0.25) is 0 Å². The zero-order chi connectivity index (χ0) is 23.6. The van der Waals surface area contributed by atoms with Gasteiger partial charge in [-0.05, 0) is 35.4 Å². The minimum Gasteiger partial charge on any atom is -0.384 e. The van der Waals surface area contributed by atoms with E-state index in [1.807, 2.05) is 4.90 Å². The van der Waals surface area contributed by atoms with Crippen molar-refractivity contribution in [2.45, 2.75) is 16.8 Å². The highest BCUT2D eigenvalue weighted by atomic mass is 32.2. The van der Waals surface area contributed by atoms with E-state index in [4.69, 9.17) is 10.5 Å². The molecule has 0 amide bonds. The number of nitrogens with zero attached hydrogens (tertiary/aromatic N) is 2. The predicted octanol–water partition coefficient (Wildman–Crippen LogP) is 4.16. The van der Waals surface area contributed by atoms with Crippen molar-refractivity contribution in [3.63, 3.8) is 0 Å². The first-order chi connectivity index (χ1) is 15.6. The number of alkyl halides is 3. The van der Waals surface area contributed by atoms with Crippen LogP contribution >= 0.6 is 0 Å². The topological polar surface area (TPSA) is 85.5 Å². The number of morpholine rings is 1. The largest absolute Gasteiger partial charge is 0.417 e. The van der Waals surface area contributed by atoms with Crippen LogP contribution in [0.25, 0.3) is 11.1 Å². The number of pyridine rings is 1. The molecule has 0 unspecified atom stereocenters. The Bertz CT molecular complexity index is 1240. The molecule has 3 aromatic rings. The maximum absolute atomic E-state index is 13.8. The Kier molecular flexibility index (Phi) is 6.31. The molecular formula is C23H22F3N3O3S. The molecule has 0 bridgehead atoms. The standard InChI is InChI=1S/C23H22F3N3O3S/c24-23(25,26)21-13-22(27)28-14-20(21)17-10-18(29-6-8-32-9-7-29)12-19(11-17)33(30,31)15-16-4-2-1-3-5-16/h1-5,10-14H,6-9,15H2,(H2,27,28). The predicted molar refractivity (Wildman–Crippen MR) is 119 cm³/mol. The van der Waals surface area contributed by atoms with Crippen LogP contribution in [0.1, 0.15) is 11.1 Å². The fourth-order valence-electron chi connectivity index (χ4n) is 3.74. The van der Waals surface area contributed by atoms with Gasteiger partial charge in [0.15, 0.2) is 9.84 Å². The third kappa shape index (κ3) is 5.28. The first-order valence-corrected chi connectivity index (χ1v) is 11.9. The first kappa shape index (κ1) is 23.1. The summed E-state index contributed by atoms with van der Waals surface area (Å²) in [7, 11) is -3.85. The number of anilines is 2. The summed E-state index contributed by atoms with van der Waals surface area (Å²) in [5.74, 6) is -0.543. The maximum atomic E-state index is 13.8. The Morgan fingerprint density at radius 2 is 1.73 bits per heavy atom. The minimum absolute atomic E-state index is 0.0599. The highest BCUT2D eigenvalue weighted by molar-refractivity contribution is 7.90. The highest BCUT2D eigenvalue weighted by Gasteiger charge is 2.35. The number of ether oxygens (including phenoxy) is 1. The van der Waals surface area contributed by atoms with Crippen LogP contribution in [-0.2, 0) is 26.5 Å². The van der Waals surface area contributed by atoms with Crippen LogP contribution in [0, 0.1) is 0 Å². The summed E-state index contributed by atoms with van der Waals surface area (Å²) in [5, 5.41) is 0. The molecule has 10 heteroatoms. The normalized spacial score (nSPS) is 14.9. The fourth-order valence-corrected chi connectivity index (χ4v) is 5.14. The Hall–Kier alpha value is -3.11. The van der Waals surface area contributed by atoms with Crippen molar-refractivity contribution in [2.75, 3.05) is 36.9 Å². The van der Waals surface area contributed by atoms with Crippen LogP contribution in [0.2, 0.25) is 0 Å². The first-order valence-electron chi connectivity index (χ1n) is 10.2. The highest BCUT2D eigenvalue weighted by Crippen LogP contribution is 2.39. The van der Waals surface area contributed by atoms with Crippen LogP contribution in [0.3, 0.4) is 0 Å². The molecule has 1 fully saturated rings. The fraction of sp³-hybridized carbons (Fsp3) is 0.261. The smallest absolute Gasteiger partial charge is 0.384 e. The second-order valence-corrected chi connectivity index (χ2v) is 9.70. The Morgan fingerprint density at radius 3 is 2.39 bits per heavy atom. The van der Waals surface area contributed by atoms with Gasteiger partial charge < -0.3 is 15.4 Å². The number of nitrogens with two attached hydrogens (primary N) is 1. The second kappa shape index (κ2) is 9.03. The number of hydrogen-bond donors (Lipinski definition) is 1. The van der Waals surface area contributed by atoms with Gasteiger partial charge in [-0.1, -0.05) is 30.3 Å². The van der Waals surface area contributed by atoms with Crippen LogP contribution in [0.15, 0.2) is 65.7 Å². The van der Waals surface area contributed by atoms with Gasteiger partial charge in [0.25, 0.3) is 0 Å². The Morgan fingerprint density at radius 1 is 1.03 bits per heavy atom. The third-order valence-electron chi connectivity index (χ3n) is 5.37. The number of benzene rings is 2. The maximum Gasteiger partial charge on any atom is 0.417 e. The molecule has 6 nitrogen and oxygen atoms in total. The monoisotopic (exact) mass is 477 g/mol. The number of halogens is 3. The van der Waals surface area contributed by atoms with Gasteiger partial charge in [-0.15, -0.1) is 0 Å². The molecule has 0 radical (unpaired) electrons. The van der Waals surface area contributed by atoms with E-state index in [9.17, 15) is 21.6 Å². The molecule has 1 aliphatic heterocycles. The number of sulfone groups is 1. The zero-order valence-corrected chi connectivity index (χ0v) is 18.4. The van der Waals surface area contributed by atoms with E-state index >= 15 is 0 Å². The van der Waals surface area contributed by atoms with Crippen LogP contribution in [-0.4, -0.2) is 39.7 Å². The molecule has 1 aliphatic rings. The van der Waals surface area contributed by atoms with Gasteiger partial charge in [-0.2, -0.15) is 13.2 Å². The van der Waals surface area contributed by atoms with E-state index in [-0.39, 0.29) is 27.6 Å². The Labute approximate surface area is 189 Å². The number of rotatable bonds is 5. The lowest BCUT2D eigenvalue weighted by molar-refractivity contribution is -0.137. The molecule has 1 saturated heterocycles. The van der Waals surface area contributed by atoms with E-state index in [0.717, 1.165) is 12.3 Å². The summed E-state index contributed by atoms with van der Waals surface area (Å²) in [6.45, 7) is 1.86.